The molecule has 0 unspecified atom stereocenters. The number of hydrogen-bond acceptors (Lipinski definition) is 7. The molecule has 1 aromatic heterocycles. The van der Waals surface area contributed by atoms with Crippen LogP contribution in [0.25, 0.3) is 0 Å². The molecule has 2 saturated heterocycles. The Hall–Kier alpha value is -2.87. The standard InChI is InChI=1S/C21H27N5O3/c1-17-4-2-3-5-19(17)29-16-21(27)26-8-6-25(7-9-26)20-14-18(15-22-23-20)24-10-12-28-13-11-24/h2-5,14-15H,6-13,16H2,1H3. The van der Waals surface area contributed by atoms with Gasteiger partial charge in [-0.3, -0.25) is 4.79 Å². The first-order valence-electron chi connectivity index (χ1n) is 10.1. The van der Waals surface area contributed by atoms with E-state index in [0.717, 1.165) is 62.2 Å². The van der Waals surface area contributed by atoms with Crippen molar-refractivity contribution in [1.29, 1.82) is 0 Å². The van der Waals surface area contributed by atoms with Crippen molar-refractivity contribution in [2.75, 3.05) is 68.9 Å². The summed E-state index contributed by atoms with van der Waals surface area (Å²) in [5.41, 5.74) is 2.10. The summed E-state index contributed by atoms with van der Waals surface area (Å²) in [4.78, 5) is 18.8. The summed E-state index contributed by atoms with van der Waals surface area (Å²) in [7, 11) is 0. The van der Waals surface area contributed by atoms with Crippen molar-refractivity contribution in [3.63, 3.8) is 0 Å². The van der Waals surface area contributed by atoms with Crippen molar-refractivity contribution in [1.82, 2.24) is 15.1 Å². The number of aromatic nitrogens is 2. The van der Waals surface area contributed by atoms with E-state index < -0.39 is 0 Å². The van der Waals surface area contributed by atoms with Crippen LogP contribution >= 0.6 is 0 Å². The number of aryl methyl sites for hydroxylation is 1. The lowest BCUT2D eigenvalue weighted by atomic mass is 10.2. The highest BCUT2D eigenvalue weighted by molar-refractivity contribution is 5.78. The molecule has 0 N–H and O–H groups in total. The Bertz CT molecular complexity index is 833. The Labute approximate surface area is 171 Å². The van der Waals surface area contributed by atoms with Crippen molar-refractivity contribution in [2.45, 2.75) is 6.92 Å². The molecule has 154 valence electrons. The molecule has 0 spiro atoms. The van der Waals surface area contributed by atoms with Crippen LogP contribution in [0.15, 0.2) is 36.5 Å². The molecule has 4 rings (SSSR count). The summed E-state index contributed by atoms with van der Waals surface area (Å²) in [5.74, 6) is 1.63. The number of rotatable bonds is 5. The van der Waals surface area contributed by atoms with E-state index in [2.05, 4.69) is 26.1 Å². The average molecular weight is 397 g/mol. The van der Waals surface area contributed by atoms with Crippen LogP contribution in [0.2, 0.25) is 0 Å². The summed E-state index contributed by atoms with van der Waals surface area (Å²) in [6, 6.07) is 9.82. The number of ether oxygens (including phenoxy) is 2. The Balaban J connectivity index is 1.30. The van der Waals surface area contributed by atoms with Gasteiger partial charge in [-0.05, 0) is 18.6 Å². The molecule has 0 atom stereocenters. The van der Waals surface area contributed by atoms with E-state index in [1.807, 2.05) is 36.1 Å². The fraction of sp³-hybridized carbons (Fsp3) is 0.476. The van der Waals surface area contributed by atoms with E-state index >= 15 is 0 Å². The zero-order valence-electron chi connectivity index (χ0n) is 16.8. The summed E-state index contributed by atoms with van der Waals surface area (Å²) in [6.07, 6.45) is 1.80. The highest BCUT2D eigenvalue weighted by atomic mass is 16.5. The van der Waals surface area contributed by atoms with Crippen molar-refractivity contribution in [3.8, 4) is 5.75 Å². The molecule has 0 bridgehead atoms. The van der Waals surface area contributed by atoms with Crippen LogP contribution in [0.3, 0.4) is 0 Å². The van der Waals surface area contributed by atoms with E-state index in [1.165, 1.54) is 0 Å². The van der Waals surface area contributed by atoms with Crippen LogP contribution in [0, 0.1) is 6.92 Å². The van der Waals surface area contributed by atoms with Gasteiger partial charge in [-0.15, -0.1) is 5.10 Å². The van der Waals surface area contributed by atoms with Gasteiger partial charge in [-0.25, -0.2) is 0 Å². The zero-order valence-corrected chi connectivity index (χ0v) is 16.8. The lowest BCUT2D eigenvalue weighted by Crippen LogP contribution is -2.50. The summed E-state index contributed by atoms with van der Waals surface area (Å²) < 4.78 is 11.1. The molecule has 3 heterocycles. The first-order chi connectivity index (χ1) is 14.2. The number of benzene rings is 1. The van der Waals surface area contributed by atoms with Crippen LogP contribution in [-0.2, 0) is 9.53 Å². The minimum atomic E-state index is 0.0149. The number of carbonyl (C=O) groups is 1. The van der Waals surface area contributed by atoms with Gasteiger partial charge in [0.15, 0.2) is 12.4 Å². The maximum atomic E-state index is 12.5. The number of nitrogens with zero attached hydrogens (tertiary/aromatic N) is 5. The molecule has 8 nitrogen and oxygen atoms in total. The third kappa shape index (κ3) is 4.76. The smallest absolute Gasteiger partial charge is 0.260 e. The minimum Gasteiger partial charge on any atom is -0.484 e. The molecule has 2 fully saturated rings. The largest absolute Gasteiger partial charge is 0.484 e. The SMILES string of the molecule is Cc1ccccc1OCC(=O)N1CCN(c2cc(N3CCOCC3)cnn2)CC1. The molecule has 2 aliphatic heterocycles. The first-order valence-corrected chi connectivity index (χ1v) is 10.1. The van der Waals surface area contributed by atoms with Crippen molar-refractivity contribution in [3.05, 3.63) is 42.1 Å². The number of hydrogen-bond donors (Lipinski definition) is 0. The highest BCUT2D eigenvalue weighted by Crippen LogP contribution is 2.21. The van der Waals surface area contributed by atoms with Gasteiger partial charge in [0.2, 0.25) is 0 Å². The number of anilines is 2. The first kappa shape index (κ1) is 19.4. The molecule has 8 heteroatoms. The number of morpholine rings is 1. The third-order valence-electron chi connectivity index (χ3n) is 5.40. The summed E-state index contributed by atoms with van der Waals surface area (Å²) >= 11 is 0. The van der Waals surface area contributed by atoms with Crippen LogP contribution in [0.1, 0.15) is 5.56 Å². The maximum Gasteiger partial charge on any atom is 0.260 e. The second kappa shape index (κ2) is 9.09. The monoisotopic (exact) mass is 397 g/mol. The number of carbonyl (C=O) groups excluding carboxylic acids is 1. The molecule has 2 aliphatic rings. The number of piperazine rings is 1. The predicted molar refractivity (Wildman–Crippen MR) is 111 cm³/mol. The van der Waals surface area contributed by atoms with Crippen LogP contribution in [0.5, 0.6) is 5.75 Å². The van der Waals surface area contributed by atoms with Gasteiger partial charge in [-0.1, -0.05) is 18.2 Å². The topological polar surface area (TPSA) is 71.0 Å². The highest BCUT2D eigenvalue weighted by Gasteiger charge is 2.23. The van der Waals surface area contributed by atoms with Gasteiger partial charge in [0.1, 0.15) is 5.75 Å². The summed E-state index contributed by atoms with van der Waals surface area (Å²) in [6.45, 7) is 8.03. The third-order valence-corrected chi connectivity index (χ3v) is 5.40. The van der Waals surface area contributed by atoms with Crippen molar-refractivity contribution >= 4 is 17.4 Å². The Morgan fingerprint density at radius 2 is 1.83 bits per heavy atom. The van der Waals surface area contributed by atoms with Crippen LogP contribution in [-0.4, -0.2) is 80.1 Å². The minimum absolute atomic E-state index is 0.0149. The molecular formula is C21H27N5O3. The Morgan fingerprint density at radius 3 is 2.59 bits per heavy atom. The molecule has 0 radical (unpaired) electrons. The molecule has 0 saturated carbocycles. The van der Waals surface area contributed by atoms with Gasteiger partial charge < -0.3 is 24.2 Å². The van der Waals surface area contributed by atoms with Crippen LogP contribution < -0.4 is 14.5 Å². The van der Waals surface area contributed by atoms with Gasteiger partial charge >= 0.3 is 0 Å². The molecule has 2 aromatic rings. The second-order valence-corrected chi connectivity index (χ2v) is 7.29. The van der Waals surface area contributed by atoms with Crippen molar-refractivity contribution < 1.29 is 14.3 Å². The maximum absolute atomic E-state index is 12.5. The molecule has 1 aromatic carbocycles. The second-order valence-electron chi connectivity index (χ2n) is 7.29. The van der Waals surface area contributed by atoms with Gasteiger partial charge in [-0.2, -0.15) is 5.10 Å². The normalized spacial score (nSPS) is 17.3. The van der Waals surface area contributed by atoms with Gasteiger partial charge in [0, 0.05) is 45.3 Å². The zero-order chi connectivity index (χ0) is 20.1. The van der Waals surface area contributed by atoms with E-state index in [-0.39, 0.29) is 12.5 Å². The van der Waals surface area contributed by atoms with E-state index in [4.69, 9.17) is 9.47 Å². The van der Waals surface area contributed by atoms with Crippen molar-refractivity contribution in [2.24, 2.45) is 0 Å². The lowest BCUT2D eigenvalue weighted by molar-refractivity contribution is -0.133. The van der Waals surface area contributed by atoms with E-state index in [1.54, 1.807) is 6.20 Å². The average Bonchev–Trinajstić information content (AvgIpc) is 2.79. The fourth-order valence-corrected chi connectivity index (χ4v) is 3.63. The van der Waals surface area contributed by atoms with E-state index in [0.29, 0.717) is 13.1 Å². The fourth-order valence-electron chi connectivity index (χ4n) is 3.63. The molecule has 1 amide bonds. The number of amides is 1. The summed E-state index contributed by atoms with van der Waals surface area (Å²) in [5, 5.41) is 8.49. The lowest BCUT2D eigenvalue weighted by Gasteiger charge is -2.35. The Morgan fingerprint density at radius 1 is 1.07 bits per heavy atom. The Kier molecular flexibility index (Phi) is 6.09. The quantitative estimate of drug-likeness (QED) is 0.754. The molecule has 0 aliphatic carbocycles. The van der Waals surface area contributed by atoms with Crippen LogP contribution in [0.4, 0.5) is 11.5 Å². The van der Waals surface area contributed by atoms with Gasteiger partial charge in [0.05, 0.1) is 25.1 Å². The van der Waals surface area contributed by atoms with Gasteiger partial charge in [0.25, 0.3) is 5.91 Å². The molecule has 29 heavy (non-hydrogen) atoms. The number of para-hydroxylation sites is 1. The van der Waals surface area contributed by atoms with E-state index in [9.17, 15) is 4.79 Å². The predicted octanol–water partition coefficient (Wildman–Crippen LogP) is 1.35. The molecular weight excluding hydrogens is 370 g/mol.